The summed E-state index contributed by atoms with van der Waals surface area (Å²) in [5, 5.41) is 6.59. The van der Waals surface area contributed by atoms with Gasteiger partial charge in [0.1, 0.15) is 6.54 Å². The number of carbonyl (C=O) groups excluding carboxylic acids is 1. The first-order chi connectivity index (χ1) is 11.6. The van der Waals surface area contributed by atoms with Crippen LogP contribution in [0.15, 0.2) is 4.99 Å². The molecule has 0 spiro atoms. The van der Waals surface area contributed by atoms with Crippen LogP contribution in [-0.4, -0.2) is 76.4 Å². The Morgan fingerprint density at radius 2 is 2.12 bits per heavy atom. The van der Waals surface area contributed by atoms with Gasteiger partial charge in [-0.1, -0.05) is 0 Å². The fourth-order valence-electron chi connectivity index (χ4n) is 2.32. The second-order valence-electron chi connectivity index (χ2n) is 6.15. The Bertz CT molecular complexity index is 369. The van der Waals surface area contributed by atoms with Crippen LogP contribution >= 0.6 is 0 Å². The van der Waals surface area contributed by atoms with E-state index in [1.54, 1.807) is 19.0 Å². The molecular weight excluding hydrogens is 308 g/mol. The van der Waals surface area contributed by atoms with E-state index in [4.69, 9.17) is 9.47 Å². The zero-order chi connectivity index (χ0) is 17.6. The predicted molar refractivity (Wildman–Crippen MR) is 96.3 cm³/mol. The standard InChI is InChI=1S/C17H34N4O3/c1-4-23-11-8-6-10-18-17(20-14-16(22)21(2)3)19-13-15-9-5-7-12-24-15/h15H,4-14H2,1-3H3,(H2,18,19,20). The molecule has 140 valence electrons. The van der Waals surface area contributed by atoms with Crippen molar-refractivity contribution in [3.05, 3.63) is 0 Å². The first-order valence-electron chi connectivity index (χ1n) is 9.05. The van der Waals surface area contributed by atoms with Crippen molar-refractivity contribution in [3.8, 4) is 0 Å². The summed E-state index contributed by atoms with van der Waals surface area (Å²) < 4.78 is 11.1. The van der Waals surface area contributed by atoms with Crippen molar-refractivity contribution in [1.82, 2.24) is 15.5 Å². The third kappa shape index (κ3) is 9.72. The number of carbonyl (C=O) groups is 1. The van der Waals surface area contributed by atoms with Crippen molar-refractivity contribution in [2.75, 3.05) is 53.6 Å². The number of nitrogens with one attached hydrogen (secondary N) is 2. The molecule has 0 aromatic heterocycles. The normalized spacial score (nSPS) is 18.3. The molecule has 0 aromatic carbocycles. The Labute approximate surface area is 146 Å². The van der Waals surface area contributed by atoms with Gasteiger partial charge in [0.05, 0.1) is 6.10 Å². The molecule has 1 unspecified atom stereocenters. The van der Waals surface area contributed by atoms with E-state index in [0.717, 1.165) is 58.6 Å². The number of rotatable bonds is 10. The van der Waals surface area contributed by atoms with Crippen LogP contribution in [0.3, 0.4) is 0 Å². The molecule has 1 fully saturated rings. The molecule has 2 N–H and O–H groups in total. The van der Waals surface area contributed by atoms with Crippen molar-refractivity contribution < 1.29 is 14.3 Å². The van der Waals surface area contributed by atoms with Crippen LogP contribution in [0, 0.1) is 0 Å². The largest absolute Gasteiger partial charge is 0.382 e. The molecule has 7 heteroatoms. The second-order valence-corrected chi connectivity index (χ2v) is 6.15. The van der Waals surface area contributed by atoms with E-state index in [-0.39, 0.29) is 18.6 Å². The third-order valence-electron chi connectivity index (χ3n) is 3.85. The summed E-state index contributed by atoms with van der Waals surface area (Å²) in [7, 11) is 3.48. The van der Waals surface area contributed by atoms with E-state index >= 15 is 0 Å². The quantitative estimate of drug-likeness (QED) is 0.352. The molecule has 24 heavy (non-hydrogen) atoms. The van der Waals surface area contributed by atoms with Gasteiger partial charge < -0.3 is 25.0 Å². The fourth-order valence-corrected chi connectivity index (χ4v) is 2.32. The van der Waals surface area contributed by atoms with Gasteiger partial charge in [0, 0.05) is 47.0 Å². The zero-order valence-corrected chi connectivity index (χ0v) is 15.5. The van der Waals surface area contributed by atoms with Gasteiger partial charge >= 0.3 is 0 Å². The molecule has 1 aliphatic rings. The van der Waals surface area contributed by atoms with E-state index in [1.807, 2.05) is 6.92 Å². The number of likely N-dealkylation sites (N-methyl/N-ethyl adjacent to an activating group) is 1. The number of aliphatic imine (C=N–C) groups is 1. The third-order valence-corrected chi connectivity index (χ3v) is 3.85. The predicted octanol–water partition coefficient (Wildman–Crippen LogP) is 0.996. The molecule has 1 rings (SSSR count). The molecule has 1 saturated heterocycles. The number of nitrogens with zero attached hydrogens (tertiary/aromatic N) is 2. The lowest BCUT2D eigenvalue weighted by Crippen LogP contribution is -2.43. The van der Waals surface area contributed by atoms with Gasteiger partial charge in [-0.15, -0.1) is 0 Å². The van der Waals surface area contributed by atoms with Gasteiger partial charge in [-0.25, -0.2) is 4.99 Å². The van der Waals surface area contributed by atoms with Gasteiger partial charge in [0.15, 0.2) is 5.96 Å². The first kappa shape index (κ1) is 20.7. The second kappa shape index (κ2) is 13.0. The average molecular weight is 342 g/mol. The minimum atomic E-state index is -0.0126. The summed E-state index contributed by atoms with van der Waals surface area (Å²) in [5.41, 5.74) is 0. The Morgan fingerprint density at radius 3 is 2.79 bits per heavy atom. The Balaban J connectivity index is 2.36. The first-order valence-corrected chi connectivity index (χ1v) is 9.05. The average Bonchev–Trinajstić information content (AvgIpc) is 2.60. The maximum atomic E-state index is 11.7. The SMILES string of the molecule is CCOCCCCNC(=NCC(=O)N(C)C)NCC1CCCCO1. The van der Waals surface area contributed by atoms with Gasteiger partial charge in [0.25, 0.3) is 0 Å². The smallest absolute Gasteiger partial charge is 0.243 e. The number of hydrogen-bond acceptors (Lipinski definition) is 4. The number of guanidine groups is 1. The van der Waals surface area contributed by atoms with Crippen LogP contribution in [0.5, 0.6) is 0 Å². The fraction of sp³-hybridized carbons (Fsp3) is 0.882. The number of unbranched alkanes of at least 4 members (excludes halogenated alkanes) is 1. The van der Waals surface area contributed by atoms with Crippen molar-refractivity contribution in [2.45, 2.75) is 45.1 Å². The lowest BCUT2D eigenvalue weighted by atomic mass is 10.1. The highest BCUT2D eigenvalue weighted by Gasteiger charge is 2.14. The van der Waals surface area contributed by atoms with E-state index in [0.29, 0.717) is 5.96 Å². The molecule has 7 nitrogen and oxygen atoms in total. The summed E-state index contributed by atoms with van der Waals surface area (Å²) in [4.78, 5) is 17.7. The number of hydrogen-bond donors (Lipinski definition) is 2. The van der Waals surface area contributed by atoms with Crippen molar-refractivity contribution in [2.24, 2.45) is 4.99 Å². The van der Waals surface area contributed by atoms with E-state index in [2.05, 4.69) is 15.6 Å². The van der Waals surface area contributed by atoms with Gasteiger partial charge in [-0.05, 0) is 39.0 Å². The van der Waals surface area contributed by atoms with Crippen LogP contribution in [0.2, 0.25) is 0 Å². The zero-order valence-electron chi connectivity index (χ0n) is 15.5. The Hall–Kier alpha value is -1.34. The number of amides is 1. The maximum absolute atomic E-state index is 11.7. The molecule has 1 heterocycles. The monoisotopic (exact) mass is 342 g/mol. The molecule has 0 aliphatic carbocycles. The minimum absolute atomic E-state index is 0.0126. The summed E-state index contributed by atoms with van der Waals surface area (Å²) in [6, 6.07) is 0. The summed E-state index contributed by atoms with van der Waals surface area (Å²) >= 11 is 0. The van der Waals surface area contributed by atoms with Crippen molar-refractivity contribution in [1.29, 1.82) is 0 Å². The Kier molecular flexibility index (Phi) is 11.2. The summed E-state index contributed by atoms with van der Waals surface area (Å²) in [5.74, 6) is 0.664. The van der Waals surface area contributed by atoms with Gasteiger partial charge in [0.2, 0.25) is 5.91 Å². The lowest BCUT2D eigenvalue weighted by molar-refractivity contribution is -0.127. The lowest BCUT2D eigenvalue weighted by Gasteiger charge is -2.24. The van der Waals surface area contributed by atoms with Gasteiger partial charge in [-0.2, -0.15) is 0 Å². The van der Waals surface area contributed by atoms with Crippen molar-refractivity contribution >= 4 is 11.9 Å². The molecule has 0 saturated carbocycles. The molecule has 0 bridgehead atoms. The van der Waals surface area contributed by atoms with E-state index in [1.165, 1.54) is 6.42 Å². The number of ether oxygens (including phenoxy) is 2. The van der Waals surface area contributed by atoms with Crippen LogP contribution < -0.4 is 10.6 Å². The summed E-state index contributed by atoms with van der Waals surface area (Å²) in [6.45, 7) is 6.06. The molecule has 1 aliphatic heterocycles. The highest BCUT2D eigenvalue weighted by Crippen LogP contribution is 2.11. The highest BCUT2D eigenvalue weighted by molar-refractivity contribution is 5.84. The van der Waals surface area contributed by atoms with Gasteiger partial charge in [-0.3, -0.25) is 4.79 Å². The molecule has 0 radical (unpaired) electrons. The molecule has 1 amide bonds. The van der Waals surface area contributed by atoms with E-state index < -0.39 is 0 Å². The van der Waals surface area contributed by atoms with Crippen LogP contribution in [0.4, 0.5) is 0 Å². The van der Waals surface area contributed by atoms with E-state index in [9.17, 15) is 4.79 Å². The summed E-state index contributed by atoms with van der Waals surface area (Å²) in [6.07, 6.45) is 5.67. The van der Waals surface area contributed by atoms with Crippen LogP contribution in [0.25, 0.3) is 0 Å². The molecular formula is C17H34N4O3. The maximum Gasteiger partial charge on any atom is 0.243 e. The topological polar surface area (TPSA) is 75.2 Å². The van der Waals surface area contributed by atoms with Crippen molar-refractivity contribution in [3.63, 3.8) is 0 Å². The Morgan fingerprint density at radius 1 is 1.29 bits per heavy atom. The highest BCUT2D eigenvalue weighted by atomic mass is 16.5. The van der Waals surface area contributed by atoms with Crippen LogP contribution in [-0.2, 0) is 14.3 Å². The molecule has 0 aromatic rings. The molecule has 1 atom stereocenters. The minimum Gasteiger partial charge on any atom is -0.382 e. The van der Waals surface area contributed by atoms with Crippen LogP contribution in [0.1, 0.15) is 39.0 Å².